The highest BCUT2D eigenvalue weighted by Crippen LogP contribution is 2.33. The molecule has 5 rings (SSSR count). The zero-order chi connectivity index (χ0) is 23.7. The summed E-state index contributed by atoms with van der Waals surface area (Å²) < 4.78 is 18.9. The van der Waals surface area contributed by atoms with Crippen molar-refractivity contribution in [2.75, 3.05) is 6.79 Å². The Balaban J connectivity index is 1.46. The maximum atomic E-state index is 13.1. The van der Waals surface area contributed by atoms with Crippen molar-refractivity contribution in [1.29, 1.82) is 0 Å². The van der Waals surface area contributed by atoms with Crippen LogP contribution in [-0.2, 0) is 13.0 Å². The van der Waals surface area contributed by atoms with Crippen LogP contribution in [0.1, 0.15) is 23.9 Å². The van der Waals surface area contributed by atoms with Gasteiger partial charge in [0.15, 0.2) is 11.5 Å². The largest absolute Gasteiger partial charge is 0.488 e. The molecule has 1 aliphatic heterocycles. The number of rotatable bonds is 6. The molecule has 34 heavy (non-hydrogen) atoms. The average Bonchev–Trinajstić information content (AvgIpc) is 3.31. The van der Waals surface area contributed by atoms with Crippen molar-refractivity contribution in [3.63, 3.8) is 0 Å². The lowest BCUT2D eigenvalue weighted by atomic mass is 10.2. The van der Waals surface area contributed by atoms with Crippen LogP contribution >= 0.6 is 27.5 Å². The molecule has 0 atom stereocenters. The Morgan fingerprint density at radius 3 is 2.85 bits per heavy atom. The van der Waals surface area contributed by atoms with E-state index in [4.69, 9.17) is 25.8 Å². The summed E-state index contributed by atoms with van der Waals surface area (Å²) in [6.07, 6.45) is 2.11. The minimum atomic E-state index is -0.246. The van der Waals surface area contributed by atoms with Crippen LogP contribution in [0.25, 0.3) is 10.9 Å². The number of hydrogen-bond acceptors (Lipinski definition) is 6. The van der Waals surface area contributed by atoms with Gasteiger partial charge in [-0.05, 0) is 54.1 Å². The van der Waals surface area contributed by atoms with Gasteiger partial charge >= 0.3 is 0 Å². The number of ether oxygens (including phenoxy) is 3. The van der Waals surface area contributed by atoms with Crippen molar-refractivity contribution in [2.24, 2.45) is 5.10 Å². The first kappa shape index (κ1) is 22.4. The third kappa shape index (κ3) is 4.51. The molecule has 0 bridgehead atoms. The van der Waals surface area contributed by atoms with Gasteiger partial charge in [-0.25, -0.2) is 4.98 Å². The summed E-state index contributed by atoms with van der Waals surface area (Å²) in [5.74, 6) is 2.55. The molecule has 0 fully saturated rings. The van der Waals surface area contributed by atoms with Crippen LogP contribution in [-0.4, -0.2) is 22.7 Å². The Labute approximate surface area is 208 Å². The van der Waals surface area contributed by atoms with Crippen molar-refractivity contribution < 1.29 is 14.2 Å². The van der Waals surface area contributed by atoms with E-state index in [0.29, 0.717) is 51.8 Å². The van der Waals surface area contributed by atoms with Gasteiger partial charge in [0.25, 0.3) is 5.56 Å². The maximum Gasteiger partial charge on any atom is 0.282 e. The Bertz CT molecular complexity index is 1490. The monoisotopic (exact) mass is 539 g/mol. The number of aryl methyl sites for hydroxylation is 1. The first-order valence-electron chi connectivity index (χ1n) is 10.6. The Kier molecular flexibility index (Phi) is 6.26. The van der Waals surface area contributed by atoms with Gasteiger partial charge < -0.3 is 14.2 Å². The van der Waals surface area contributed by atoms with Gasteiger partial charge in [0, 0.05) is 21.5 Å². The van der Waals surface area contributed by atoms with Crippen LogP contribution in [0, 0.1) is 0 Å². The van der Waals surface area contributed by atoms with Crippen LogP contribution < -0.4 is 19.8 Å². The second-order valence-electron chi connectivity index (χ2n) is 7.56. The molecule has 0 saturated heterocycles. The number of aromatic nitrogens is 2. The first-order chi connectivity index (χ1) is 16.5. The second-order valence-corrected chi connectivity index (χ2v) is 8.92. The molecule has 0 N–H and O–H groups in total. The fourth-order valence-corrected chi connectivity index (χ4v) is 4.15. The molecule has 2 heterocycles. The van der Waals surface area contributed by atoms with Gasteiger partial charge in [-0.1, -0.05) is 40.5 Å². The van der Waals surface area contributed by atoms with Crippen molar-refractivity contribution in [3.8, 4) is 17.2 Å². The van der Waals surface area contributed by atoms with Crippen LogP contribution in [0.5, 0.6) is 17.2 Å². The fourth-order valence-electron chi connectivity index (χ4n) is 3.61. The number of nitrogens with zero attached hydrogens (tertiary/aromatic N) is 3. The van der Waals surface area contributed by atoms with Crippen molar-refractivity contribution in [1.82, 2.24) is 9.66 Å². The lowest BCUT2D eigenvalue weighted by Gasteiger charge is -2.11. The molecule has 1 aromatic heterocycles. The van der Waals surface area contributed by atoms with Crippen molar-refractivity contribution in [2.45, 2.75) is 20.0 Å². The van der Waals surface area contributed by atoms with E-state index in [1.54, 1.807) is 30.5 Å². The molecule has 0 spiro atoms. The molecular formula is C25H19BrClN3O4. The quantitative estimate of drug-likeness (QED) is 0.299. The topological polar surface area (TPSA) is 74.9 Å². The molecule has 0 unspecified atom stereocenters. The second kappa shape index (κ2) is 9.48. The lowest BCUT2D eigenvalue weighted by Crippen LogP contribution is -2.22. The highest BCUT2D eigenvalue weighted by atomic mass is 79.9. The van der Waals surface area contributed by atoms with Crippen LogP contribution in [0.15, 0.2) is 69.0 Å². The molecule has 172 valence electrons. The summed E-state index contributed by atoms with van der Waals surface area (Å²) >= 11 is 9.64. The molecule has 0 radical (unpaired) electrons. The Hall–Kier alpha value is -3.36. The molecule has 9 heteroatoms. The molecule has 0 aliphatic carbocycles. The highest BCUT2D eigenvalue weighted by Gasteiger charge is 2.14. The van der Waals surface area contributed by atoms with Gasteiger partial charge in [0.1, 0.15) is 18.2 Å². The van der Waals surface area contributed by atoms with Crippen LogP contribution in [0.4, 0.5) is 0 Å². The normalized spacial score (nSPS) is 12.6. The van der Waals surface area contributed by atoms with Crippen molar-refractivity contribution in [3.05, 3.63) is 91.4 Å². The molecule has 7 nitrogen and oxygen atoms in total. The van der Waals surface area contributed by atoms with Crippen LogP contribution in [0.2, 0.25) is 5.02 Å². The van der Waals surface area contributed by atoms with Crippen LogP contribution in [0.3, 0.4) is 0 Å². The van der Waals surface area contributed by atoms with Gasteiger partial charge in [0.2, 0.25) is 6.79 Å². The minimum absolute atomic E-state index is 0.219. The number of benzene rings is 3. The van der Waals surface area contributed by atoms with Gasteiger partial charge in [-0.2, -0.15) is 9.78 Å². The number of halogens is 2. The summed E-state index contributed by atoms with van der Waals surface area (Å²) in [5.41, 5.74) is 1.95. The average molecular weight is 541 g/mol. The van der Waals surface area contributed by atoms with E-state index in [9.17, 15) is 4.79 Å². The predicted molar refractivity (Wildman–Crippen MR) is 134 cm³/mol. The molecule has 3 aromatic carbocycles. The standard InChI is InChI=1S/C25H19BrClN3O4/c1-2-24-29-20-6-4-17(26)11-19(20)25(31)30(24)28-12-16-10-18(27)5-8-21(16)32-13-15-3-7-22-23(9-15)34-14-33-22/h3-12H,2,13-14H2,1H3. The number of fused-ring (bicyclic) bond motifs is 2. The fraction of sp³-hybridized carbons (Fsp3) is 0.160. The summed E-state index contributed by atoms with van der Waals surface area (Å²) in [6.45, 7) is 2.46. The molecule has 0 amide bonds. The van der Waals surface area contributed by atoms with E-state index in [2.05, 4.69) is 26.0 Å². The molecule has 1 aliphatic rings. The maximum absolute atomic E-state index is 13.1. The van der Waals surface area contributed by atoms with Gasteiger partial charge in [0.05, 0.1) is 17.1 Å². The highest BCUT2D eigenvalue weighted by molar-refractivity contribution is 9.10. The third-order valence-electron chi connectivity index (χ3n) is 5.31. The molecular weight excluding hydrogens is 522 g/mol. The zero-order valence-electron chi connectivity index (χ0n) is 18.1. The molecule has 4 aromatic rings. The summed E-state index contributed by atoms with van der Waals surface area (Å²) in [5, 5.41) is 5.47. The first-order valence-corrected chi connectivity index (χ1v) is 11.8. The summed E-state index contributed by atoms with van der Waals surface area (Å²) in [4.78, 5) is 17.7. The minimum Gasteiger partial charge on any atom is -0.488 e. The summed E-state index contributed by atoms with van der Waals surface area (Å²) in [7, 11) is 0. The predicted octanol–water partition coefficient (Wildman–Crippen LogP) is 5.56. The van der Waals surface area contributed by atoms with E-state index >= 15 is 0 Å². The third-order valence-corrected chi connectivity index (χ3v) is 6.04. The number of hydrogen-bond donors (Lipinski definition) is 0. The molecule has 0 saturated carbocycles. The van der Waals surface area contributed by atoms with E-state index in [-0.39, 0.29) is 12.4 Å². The lowest BCUT2D eigenvalue weighted by molar-refractivity contribution is 0.174. The van der Waals surface area contributed by atoms with Crippen molar-refractivity contribution >= 4 is 44.6 Å². The van der Waals surface area contributed by atoms with E-state index in [1.807, 2.05) is 37.3 Å². The zero-order valence-corrected chi connectivity index (χ0v) is 20.5. The van der Waals surface area contributed by atoms with E-state index in [0.717, 1.165) is 15.8 Å². The van der Waals surface area contributed by atoms with Gasteiger partial charge in [-0.3, -0.25) is 4.79 Å². The van der Waals surface area contributed by atoms with Gasteiger partial charge in [-0.15, -0.1) is 0 Å². The summed E-state index contributed by atoms with van der Waals surface area (Å²) in [6, 6.07) is 16.3. The smallest absolute Gasteiger partial charge is 0.282 e. The Morgan fingerprint density at radius 2 is 2.00 bits per heavy atom. The SMILES string of the molecule is CCc1nc2ccc(Br)cc2c(=O)n1N=Cc1cc(Cl)ccc1OCc1ccc2c(c1)OCO2. The van der Waals surface area contributed by atoms with E-state index < -0.39 is 0 Å². The van der Waals surface area contributed by atoms with E-state index in [1.165, 1.54) is 4.68 Å². The Morgan fingerprint density at radius 1 is 1.15 bits per heavy atom.